The standard InChI is InChI=1S/C18H14O6/c1-2-21-11-4-5-12-14(8-11)24-18(17(20)16(12)19)10-3-6-13-15(7-10)23-9-22-13/h3-8,20H,2,9H2,1H3. The summed E-state index contributed by atoms with van der Waals surface area (Å²) in [4.78, 5) is 12.4. The Bertz CT molecular complexity index is 989. The van der Waals surface area contributed by atoms with E-state index in [-0.39, 0.29) is 12.6 Å². The molecular formula is C18H14O6. The fraction of sp³-hybridized carbons (Fsp3) is 0.167. The Morgan fingerprint density at radius 2 is 1.96 bits per heavy atom. The van der Waals surface area contributed by atoms with Crippen molar-refractivity contribution in [3.8, 4) is 34.3 Å². The lowest BCUT2D eigenvalue weighted by atomic mass is 10.1. The summed E-state index contributed by atoms with van der Waals surface area (Å²) >= 11 is 0. The van der Waals surface area contributed by atoms with Crippen molar-refractivity contribution in [3.05, 3.63) is 46.6 Å². The van der Waals surface area contributed by atoms with Crippen molar-refractivity contribution < 1.29 is 23.7 Å². The number of fused-ring (bicyclic) bond motifs is 2. The lowest BCUT2D eigenvalue weighted by molar-refractivity contribution is 0.174. The molecule has 0 bridgehead atoms. The van der Waals surface area contributed by atoms with Gasteiger partial charge in [-0.1, -0.05) is 0 Å². The third-order valence-corrected chi connectivity index (χ3v) is 3.79. The first-order valence-corrected chi connectivity index (χ1v) is 7.50. The second-order valence-corrected chi connectivity index (χ2v) is 5.27. The SMILES string of the molecule is CCOc1ccc2c(=O)c(O)c(-c3ccc4c(c3)OCO4)oc2c1. The van der Waals surface area contributed by atoms with Gasteiger partial charge >= 0.3 is 0 Å². The van der Waals surface area contributed by atoms with Gasteiger partial charge in [0.2, 0.25) is 18.0 Å². The summed E-state index contributed by atoms with van der Waals surface area (Å²) in [7, 11) is 0. The molecule has 2 heterocycles. The van der Waals surface area contributed by atoms with Gasteiger partial charge in [0.15, 0.2) is 17.3 Å². The van der Waals surface area contributed by atoms with E-state index in [1.165, 1.54) is 0 Å². The zero-order valence-corrected chi connectivity index (χ0v) is 12.9. The first-order valence-electron chi connectivity index (χ1n) is 7.50. The molecule has 1 aromatic heterocycles. The number of benzene rings is 2. The van der Waals surface area contributed by atoms with Crippen LogP contribution in [-0.4, -0.2) is 18.5 Å². The molecule has 0 saturated heterocycles. The molecule has 1 aliphatic rings. The molecule has 6 heteroatoms. The van der Waals surface area contributed by atoms with Crippen molar-refractivity contribution in [2.24, 2.45) is 0 Å². The van der Waals surface area contributed by atoms with Gasteiger partial charge in [-0.25, -0.2) is 0 Å². The van der Waals surface area contributed by atoms with Crippen LogP contribution < -0.4 is 19.6 Å². The molecule has 122 valence electrons. The quantitative estimate of drug-likeness (QED) is 0.796. The molecule has 0 amide bonds. The van der Waals surface area contributed by atoms with Gasteiger partial charge in [0, 0.05) is 11.6 Å². The molecule has 1 N–H and O–H groups in total. The third kappa shape index (κ3) is 2.23. The van der Waals surface area contributed by atoms with E-state index in [1.54, 1.807) is 36.4 Å². The van der Waals surface area contributed by atoms with Crippen molar-refractivity contribution in [1.82, 2.24) is 0 Å². The summed E-state index contributed by atoms with van der Waals surface area (Å²) < 4.78 is 21.8. The van der Waals surface area contributed by atoms with Crippen molar-refractivity contribution in [2.75, 3.05) is 13.4 Å². The predicted octanol–water partition coefficient (Wildman–Crippen LogP) is 3.29. The maximum atomic E-state index is 12.4. The van der Waals surface area contributed by atoms with Crippen molar-refractivity contribution in [3.63, 3.8) is 0 Å². The second kappa shape index (κ2) is 5.49. The monoisotopic (exact) mass is 326 g/mol. The van der Waals surface area contributed by atoms with Crippen LogP contribution in [0.4, 0.5) is 0 Å². The molecule has 0 radical (unpaired) electrons. The Hall–Kier alpha value is -3.15. The average Bonchev–Trinajstić information content (AvgIpc) is 3.06. The molecule has 24 heavy (non-hydrogen) atoms. The number of rotatable bonds is 3. The highest BCUT2D eigenvalue weighted by atomic mass is 16.7. The Morgan fingerprint density at radius 3 is 2.79 bits per heavy atom. The van der Waals surface area contributed by atoms with E-state index in [0.717, 1.165) is 0 Å². The highest BCUT2D eigenvalue weighted by Crippen LogP contribution is 2.38. The van der Waals surface area contributed by atoms with Crippen LogP contribution in [0.5, 0.6) is 23.0 Å². The normalized spacial score (nSPS) is 12.5. The molecule has 1 aliphatic heterocycles. The van der Waals surface area contributed by atoms with E-state index >= 15 is 0 Å². The summed E-state index contributed by atoms with van der Waals surface area (Å²) in [6.45, 7) is 2.52. The smallest absolute Gasteiger partial charge is 0.235 e. The van der Waals surface area contributed by atoms with Gasteiger partial charge in [0.1, 0.15) is 11.3 Å². The minimum atomic E-state index is -0.494. The summed E-state index contributed by atoms with van der Waals surface area (Å²) in [6, 6.07) is 9.95. The van der Waals surface area contributed by atoms with E-state index in [2.05, 4.69) is 0 Å². The van der Waals surface area contributed by atoms with Crippen LogP contribution in [-0.2, 0) is 0 Å². The third-order valence-electron chi connectivity index (χ3n) is 3.79. The van der Waals surface area contributed by atoms with Gasteiger partial charge in [-0.3, -0.25) is 4.79 Å². The molecule has 2 aromatic carbocycles. The largest absolute Gasteiger partial charge is 0.502 e. The van der Waals surface area contributed by atoms with Crippen LogP contribution in [0.25, 0.3) is 22.3 Å². The van der Waals surface area contributed by atoms with Gasteiger partial charge in [0.05, 0.1) is 12.0 Å². The van der Waals surface area contributed by atoms with Crippen molar-refractivity contribution >= 4 is 11.0 Å². The number of hydrogen-bond donors (Lipinski definition) is 1. The van der Waals surface area contributed by atoms with E-state index in [0.29, 0.717) is 40.4 Å². The van der Waals surface area contributed by atoms with Crippen LogP contribution in [0.15, 0.2) is 45.6 Å². The van der Waals surface area contributed by atoms with Gasteiger partial charge in [-0.05, 0) is 37.3 Å². The predicted molar refractivity (Wildman–Crippen MR) is 86.9 cm³/mol. The highest BCUT2D eigenvalue weighted by Gasteiger charge is 2.19. The summed E-state index contributed by atoms with van der Waals surface area (Å²) in [5, 5.41) is 10.6. The summed E-state index contributed by atoms with van der Waals surface area (Å²) in [6.07, 6.45) is 0. The summed E-state index contributed by atoms with van der Waals surface area (Å²) in [5.41, 5.74) is 0.376. The number of hydrogen-bond acceptors (Lipinski definition) is 6. The van der Waals surface area contributed by atoms with E-state index < -0.39 is 11.2 Å². The fourth-order valence-corrected chi connectivity index (χ4v) is 2.65. The molecule has 0 unspecified atom stereocenters. The van der Waals surface area contributed by atoms with Crippen LogP contribution >= 0.6 is 0 Å². The fourth-order valence-electron chi connectivity index (χ4n) is 2.65. The van der Waals surface area contributed by atoms with E-state index in [9.17, 15) is 9.90 Å². The maximum Gasteiger partial charge on any atom is 0.235 e. The van der Waals surface area contributed by atoms with Gasteiger partial charge in [-0.2, -0.15) is 0 Å². The molecule has 4 rings (SSSR count). The maximum absolute atomic E-state index is 12.4. The average molecular weight is 326 g/mol. The Balaban J connectivity index is 1.91. The molecule has 0 spiro atoms. The van der Waals surface area contributed by atoms with Crippen LogP contribution in [0.1, 0.15) is 6.92 Å². The molecule has 0 aliphatic carbocycles. The molecule has 3 aromatic rings. The summed E-state index contributed by atoms with van der Waals surface area (Å²) in [5.74, 6) is 1.39. The number of ether oxygens (including phenoxy) is 3. The minimum absolute atomic E-state index is 0.0828. The lowest BCUT2D eigenvalue weighted by Gasteiger charge is -2.08. The van der Waals surface area contributed by atoms with Crippen molar-refractivity contribution in [1.29, 1.82) is 0 Å². The van der Waals surface area contributed by atoms with Crippen LogP contribution in [0.2, 0.25) is 0 Å². The van der Waals surface area contributed by atoms with Gasteiger partial charge in [0.25, 0.3) is 0 Å². The molecule has 0 atom stereocenters. The Kier molecular flexibility index (Phi) is 3.30. The zero-order chi connectivity index (χ0) is 16.7. The lowest BCUT2D eigenvalue weighted by Crippen LogP contribution is -2.03. The topological polar surface area (TPSA) is 78.1 Å². The second-order valence-electron chi connectivity index (χ2n) is 5.27. The number of aromatic hydroxyl groups is 1. The van der Waals surface area contributed by atoms with Crippen LogP contribution in [0.3, 0.4) is 0 Å². The first-order chi connectivity index (χ1) is 11.7. The molecule has 0 saturated carbocycles. The Morgan fingerprint density at radius 1 is 1.12 bits per heavy atom. The van der Waals surface area contributed by atoms with Gasteiger partial charge in [-0.15, -0.1) is 0 Å². The minimum Gasteiger partial charge on any atom is -0.502 e. The molecule has 0 fully saturated rings. The van der Waals surface area contributed by atoms with Crippen LogP contribution in [0, 0.1) is 0 Å². The highest BCUT2D eigenvalue weighted by molar-refractivity contribution is 5.83. The first kappa shape index (κ1) is 14.4. The Labute approximate surface area is 136 Å². The van der Waals surface area contributed by atoms with Gasteiger partial charge < -0.3 is 23.7 Å². The van der Waals surface area contributed by atoms with Crippen molar-refractivity contribution in [2.45, 2.75) is 6.92 Å². The molecule has 6 nitrogen and oxygen atoms in total. The van der Waals surface area contributed by atoms with E-state index in [4.69, 9.17) is 18.6 Å². The molecular weight excluding hydrogens is 312 g/mol. The zero-order valence-electron chi connectivity index (χ0n) is 12.9. The van der Waals surface area contributed by atoms with E-state index in [1.807, 2.05) is 6.92 Å².